The largest absolute Gasteiger partial charge is 0.266 e. The third-order valence-electron chi connectivity index (χ3n) is 6.96. The van der Waals surface area contributed by atoms with E-state index in [4.69, 9.17) is 0 Å². The Balaban J connectivity index is 2.31. The third-order valence-corrected chi connectivity index (χ3v) is 6.96. The second-order valence-corrected chi connectivity index (χ2v) is 9.09. The van der Waals surface area contributed by atoms with Crippen LogP contribution in [0.4, 0.5) is 0 Å². The summed E-state index contributed by atoms with van der Waals surface area (Å²) in [6, 6.07) is 0. The van der Waals surface area contributed by atoms with Crippen LogP contribution >= 0.6 is 0 Å². The lowest BCUT2D eigenvalue weighted by atomic mass is 9.60. The standard InChI is InChI=1S/C26H41NO2/c1-5-14-23-17-24(27(28)29)19-26-22(6-2)18-25(26)21(4)16-13-11-9-7-8-10-12-15-20(23)3/h17,19,22,25-26H,3-16,18H2,1-2H3/b23-17-,24-19+. The van der Waals surface area contributed by atoms with E-state index < -0.39 is 0 Å². The maximum Gasteiger partial charge on any atom is 0.266 e. The average Bonchev–Trinajstić information content (AvgIpc) is 2.67. The van der Waals surface area contributed by atoms with E-state index in [1.165, 1.54) is 44.1 Å². The molecule has 0 amide bonds. The van der Waals surface area contributed by atoms with Crippen LogP contribution in [0, 0.1) is 27.9 Å². The summed E-state index contributed by atoms with van der Waals surface area (Å²) in [5.41, 5.74) is 3.73. The van der Waals surface area contributed by atoms with Gasteiger partial charge in [0.15, 0.2) is 0 Å². The molecule has 0 spiro atoms. The van der Waals surface area contributed by atoms with Gasteiger partial charge >= 0.3 is 0 Å². The number of nitrogens with zero attached hydrogens (tertiary/aromatic N) is 1. The van der Waals surface area contributed by atoms with Crippen molar-refractivity contribution in [1.29, 1.82) is 0 Å². The van der Waals surface area contributed by atoms with Crippen molar-refractivity contribution in [2.45, 2.75) is 97.3 Å². The first kappa shape index (κ1) is 23.6. The van der Waals surface area contributed by atoms with Crippen molar-refractivity contribution in [2.24, 2.45) is 17.8 Å². The first-order valence-corrected chi connectivity index (χ1v) is 11.9. The Morgan fingerprint density at radius 2 is 1.66 bits per heavy atom. The molecule has 3 atom stereocenters. The van der Waals surface area contributed by atoms with E-state index >= 15 is 0 Å². The fourth-order valence-electron chi connectivity index (χ4n) is 4.98. The van der Waals surface area contributed by atoms with Gasteiger partial charge in [0.2, 0.25) is 0 Å². The Bertz CT molecular complexity index is 643. The predicted molar refractivity (Wildman–Crippen MR) is 123 cm³/mol. The first-order chi connectivity index (χ1) is 14.0. The molecule has 162 valence electrons. The third kappa shape index (κ3) is 6.97. The van der Waals surface area contributed by atoms with Gasteiger partial charge in [0.25, 0.3) is 5.70 Å². The van der Waals surface area contributed by atoms with Gasteiger partial charge in [0, 0.05) is 6.08 Å². The molecule has 0 heterocycles. The van der Waals surface area contributed by atoms with E-state index in [9.17, 15) is 10.1 Å². The van der Waals surface area contributed by atoms with Gasteiger partial charge in [-0.25, -0.2) is 0 Å². The summed E-state index contributed by atoms with van der Waals surface area (Å²) < 4.78 is 0. The molecule has 3 unspecified atom stereocenters. The minimum atomic E-state index is -0.192. The highest BCUT2D eigenvalue weighted by Crippen LogP contribution is 2.48. The number of nitro groups is 1. The van der Waals surface area contributed by atoms with Gasteiger partial charge in [0.1, 0.15) is 0 Å². The second-order valence-electron chi connectivity index (χ2n) is 9.09. The quantitative estimate of drug-likeness (QED) is 0.272. The summed E-state index contributed by atoms with van der Waals surface area (Å²) in [5.74, 6) is 1.22. The summed E-state index contributed by atoms with van der Waals surface area (Å²) in [6.45, 7) is 13.0. The van der Waals surface area contributed by atoms with Gasteiger partial charge in [0.05, 0.1) is 4.92 Å². The number of hydrogen-bond donors (Lipinski definition) is 0. The summed E-state index contributed by atoms with van der Waals surface area (Å²) in [6.07, 6.45) is 18.6. The Hall–Kier alpha value is -1.64. The summed E-state index contributed by atoms with van der Waals surface area (Å²) in [5, 5.41) is 11.9. The molecular formula is C26H41NO2. The van der Waals surface area contributed by atoms with Crippen LogP contribution in [0.25, 0.3) is 0 Å². The Labute approximate surface area is 178 Å². The van der Waals surface area contributed by atoms with Gasteiger partial charge in [-0.15, -0.1) is 0 Å². The lowest BCUT2D eigenvalue weighted by Crippen LogP contribution is -2.36. The zero-order valence-electron chi connectivity index (χ0n) is 18.8. The first-order valence-electron chi connectivity index (χ1n) is 11.9. The molecule has 1 saturated carbocycles. The molecule has 0 saturated heterocycles. The lowest BCUT2D eigenvalue weighted by Gasteiger charge is -2.44. The highest BCUT2D eigenvalue weighted by Gasteiger charge is 2.40. The Morgan fingerprint density at radius 1 is 1.03 bits per heavy atom. The summed E-state index contributed by atoms with van der Waals surface area (Å²) in [7, 11) is 0. The van der Waals surface area contributed by atoms with Crippen LogP contribution in [-0.2, 0) is 0 Å². The highest BCUT2D eigenvalue weighted by atomic mass is 16.6. The number of allylic oxidation sites excluding steroid dienone is 5. The topological polar surface area (TPSA) is 43.1 Å². The minimum absolute atomic E-state index is 0.192. The molecule has 0 N–H and O–H groups in total. The normalized spacial score (nSPS) is 31.4. The monoisotopic (exact) mass is 399 g/mol. The zero-order chi connectivity index (χ0) is 21.2. The minimum Gasteiger partial charge on any atom is -0.258 e. The molecule has 0 radical (unpaired) electrons. The highest BCUT2D eigenvalue weighted by molar-refractivity contribution is 5.34. The van der Waals surface area contributed by atoms with Crippen LogP contribution in [-0.4, -0.2) is 4.92 Å². The van der Waals surface area contributed by atoms with Gasteiger partial charge in [-0.3, -0.25) is 10.1 Å². The van der Waals surface area contributed by atoms with E-state index in [2.05, 4.69) is 27.0 Å². The number of fused-ring (bicyclic) bond motifs is 1. The Morgan fingerprint density at radius 3 is 2.24 bits per heavy atom. The van der Waals surface area contributed by atoms with Crippen LogP contribution in [0.2, 0.25) is 0 Å². The maximum absolute atomic E-state index is 11.9. The van der Waals surface area contributed by atoms with E-state index in [0.29, 0.717) is 11.8 Å². The van der Waals surface area contributed by atoms with Crippen LogP contribution in [0.5, 0.6) is 0 Å². The smallest absolute Gasteiger partial charge is 0.258 e. The van der Waals surface area contributed by atoms with Gasteiger partial charge in [-0.2, -0.15) is 0 Å². The van der Waals surface area contributed by atoms with Crippen molar-refractivity contribution in [1.82, 2.24) is 0 Å². The fourth-order valence-corrected chi connectivity index (χ4v) is 4.98. The molecule has 3 nitrogen and oxygen atoms in total. The molecule has 0 aromatic rings. The molecule has 0 aromatic carbocycles. The van der Waals surface area contributed by atoms with Crippen molar-refractivity contribution in [3.05, 3.63) is 57.8 Å². The van der Waals surface area contributed by atoms with Gasteiger partial charge in [-0.1, -0.05) is 83.1 Å². The number of rotatable bonds is 4. The van der Waals surface area contributed by atoms with Gasteiger partial charge < -0.3 is 0 Å². The van der Waals surface area contributed by atoms with Crippen molar-refractivity contribution >= 4 is 0 Å². The molecule has 0 aliphatic heterocycles. The SMILES string of the molecule is C=C1CCCCCCCCCC(=C)C2CC(CC)C2/C=C([N+](=O)[O-])\C=C/1CCC. The van der Waals surface area contributed by atoms with Crippen LogP contribution in [0.3, 0.4) is 0 Å². The Kier molecular flexibility index (Phi) is 9.90. The molecule has 29 heavy (non-hydrogen) atoms. The predicted octanol–water partition coefficient (Wildman–Crippen LogP) is 8.17. The molecule has 0 aromatic heterocycles. The van der Waals surface area contributed by atoms with Crippen molar-refractivity contribution < 1.29 is 4.92 Å². The summed E-state index contributed by atoms with van der Waals surface area (Å²) >= 11 is 0. The molecule has 0 bridgehead atoms. The molecule has 2 rings (SSSR count). The summed E-state index contributed by atoms with van der Waals surface area (Å²) in [4.78, 5) is 11.7. The van der Waals surface area contributed by atoms with Crippen molar-refractivity contribution in [2.75, 3.05) is 0 Å². The van der Waals surface area contributed by atoms with Gasteiger partial charge in [-0.05, 0) is 67.9 Å². The molecule has 3 heteroatoms. The molecule has 2 aliphatic carbocycles. The van der Waals surface area contributed by atoms with Crippen molar-refractivity contribution in [3.8, 4) is 0 Å². The van der Waals surface area contributed by atoms with Crippen molar-refractivity contribution in [3.63, 3.8) is 0 Å². The number of hydrogen-bond acceptors (Lipinski definition) is 2. The molecular weight excluding hydrogens is 358 g/mol. The zero-order valence-corrected chi connectivity index (χ0v) is 18.8. The molecule has 1 fully saturated rings. The lowest BCUT2D eigenvalue weighted by molar-refractivity contribution is -0.419. The fraction of sp³-hybridized carbons (Fsp3) is 0.692. The van der Waals surface area contributed by atoms with E-state index in [0.717, 1.165) is 56.1 Å². The maximum atomic E-state index is 11.9. The van der Waals surface area contributed by atoms with Crippen LogP contribution < -0.4 is 0 Å². The van der Waals surface area contributed by atoms with E-state index in [-0.39, 0.29) is 16.5 Å². The second kappa shape index (κ2) is 12.1. The average molecular weight is 400 g/mol. The van der Waals surface area contributed by atoms with Crippen LogP contribution in [0.1, 0.15) is 97.3 Å². The van der Waals surface area contributed by atoms with Crippen LogP contribution in [0.15, 0.2) is 47.7 Å². The molecule has 2 aliphatic rings. The van der Waals surface area contributed by atoms with E-state index in [1.54, 1.807) is 0 Å². The van der Waals surface area contributed by atoms with E-state index in [1.807, 2.05) is 12.2 Å².